The normalized spacial score (nSPS) is 17.1. The highest BCUT2D eigenvalue weighted by molar-refractivity contribution is 7.89. The molecule has 0 atom stereocenters. The fourth-order valence-electron chi connectivity index (χ4n) is 1.59. The molecular formula is C9H13ClN2O5S. The highest BCUT2D eigenvalue weighted by atomic mass is 35.5. The van der Waals surface area contributed by atoms with Gasteiger partial charge in [-0.15, -0.1) is 12.4 Å². The zero-order chi connectivity index (χ0) is 12.5. The van der Waals surface area contributed by atoms with Crippen molar-refractivity contribution >= 4 is 28.4 Å². The molecule has 1 aliphatic rings. The van der Waals surface area contributed by atoms with E-state index in [1.165, 1.54) is 10.4 Å². The molecule has 1 saturated heterocycles. The van der Waals surface area contributed by atoms with Crippen LogP contribution in [-0.4, -0.2) is 50.0 Å². The number of sulfonamides is 1. The highest BCUT2D eigenvalue weighted by Crippen LogP contribution is 2.19. The molecule has 0 unspecified atom stereocenters. The zero-order valence-electron chi connectivity index (χ0n) is 9.33. The second-order valence-electron chi connectivity index (χ2n) is 3.58. The summed E-state index contributed by atoms with van der Waals surface area (Å²) < 4.78 is 30.2. The molecule has 1 aliphatic heterocycles. The summed E-state index contributed by atoms with van der Waals surface area (Å²) in [6, 6.07) is 2.30. The number of rotatable bonds is 3. The minimum Gasteiger partial charge on any atom is -0.475 e. The molecule has 0 spiro atoms. The molecule has 1 aromatic heterocycles. The van der Waals surface area contributed by atoms with Gasteiger partial charge in [0.25, 0.3) is 10.0 Å². The van der Waals surface area contributed by atoms with Gasteiger partial charge in [-0.2, -0.15) is 4.31 Å². The summed E-state index contributed by atoms with van der Waals surface area (Å²) in [6.07, 6.45) is 0. The maximum absolute atomic E-state index is 12.0. The number of piperazine rings is 1. The van der Waals surface area contributed by atoms with Gasteiger partial charge in [0.15, 0.2) is 0 Å². The van der Waals surface area contributed by atoms with Crippen LogP contribution in [0.1, 0.15) is 10.6 Å². The highest BCUT2D eigenvalue weighted by Gasteiger charge is 2.29. The Labute approximate surface area is 110 Å². The Morgan fingerprint density at radius 2 is 1.94 bits per heavy atom. The van der Waals surface area contributed by atoms with Gasteiger partial charge in [-0.1, -0.05) is 0 Å². The molecule has 2 heterocycles. The van der Waals surface area contributed by atoms with Crippen molar-refractivity contribution in [3.05, 3.63) is 17.9 Å². The van der Waals surface area contributed by atoms with E-state index in [1.807, 2.05) is 0 Å². The van der Waals surface area contributed by atoms with Crippen LogP contribution in [0.25, 0.3) is 0 Å². The number of furan rings is 1. The van der Waals surface area contributed by atoms with Crippen LogP contribution in [0.5, 0.6) is 0 Å². The Morgan fingerprint density at radius 1 is 1.33 bits per heavy atom. The van der Waals surface area contributed by atoms with Crippen LogP contribution in [0, 0.1) is 0 Å². The first-order chi connectivity index (χ1) is 8.01. The van der Waals surface area contributed by atoms with Gasteiger partial charge in [0.1, 0.15) is 0 Å². The summed E-state index contributed by atoms with van der Waals surface area (Å²) in [5, 5.41) is 11.4. The third-order valence-corrected chi connectivity index (χ3v) is 4.24. The fraction of sp³-hybridized carbons (Fsp3) is 0.444. The van der Waals surface area contributed by atoms with Gasteiger partial charge < -0.3 is 14.8 Å². The van der Waals surface area contributed by atoms with Gasteiger partial charge in [-0.3, -0.25) is 0 Å². The Balaban J connectivity index is 0.00000162. The zero-order valence-corrected chi connectivity index (χ0v) is 11.0. The topological polar surface area (TPSA) is 99.8 Å². The van der Waals surface area contributed by atoms with Crippen molar-refractivity contribution in [2.45, 2.75) is 5.09 Å². The lowest BCUT2D eigenvalue weighted by atomic mass is 10.4. The maximum Gasteiger partial charge on any atom is 0.371 e. The van der Waals surface area contributed by atoms with Gasteiger partial charge >= 0.3 is 5.97 Å². The number of nitrogens with zero attached hydrogens (tertiary/aromatic N) is 1. The molecule has 102 valence electrons. The van der Waals surface area contributed by atoms with E-state index >= 15 is 0 Å². The number of carboxylic acids is 1. The van der Waals surface area contributed by atoms with Crippen molar-refractivity contribution in [2.75, 3.05) is 26.2 Å². The monoisotopic (exact) mass is 296 g/mol. The van der Waals surface area contributed by atoms with E-state index < -0.39 is 16.0 Å². The fourth-order valence-corrected chi connectivity index (χ4v) is 2.94. The summed E-state index contributed by atoms with van der Waals surface area (Å²) in [4.78, 5) is 10.6. The molecule has 0 aliphatic carbocycles. The largest absolute Gasteiger partial charge is 0.475 e. The van der Waals surface area contributed by atoms with E-state index in [1.54, 1.807) is 0 Å². The third-order valence-electron chi connectivity index (χ3n) is 2.46. The lowest BCUT2D eigenvalue weighted by molar-refractivity contribution is 0.0656. The van der Waals surface area contributed by atoms with E-state index in [2.05, 4.69) is 5.32 Å². The first-order valence-electron chi connectivity index (χ1n) is 5.06. The molecule has 0 aromatic carbocycles. The van der Waals surface area contributed by atoms with Crippen LogP contribution >= 0.6 is 12.4 Å². The van der Waals surface area contributed by atoms with Crippen LogP contribution in [0.15, 0.2) is 21.6 Å². The van der Waals surface area contributed by atoms with Crippen LogP contribution in [0.4, 0.5) is 0 Å². The van der Waals surface area contributed by atoms with E-state index in [0.29, 0.717) is 26.2 Å². The maximum atomic E-state index is 12.0. The van der Waals surface area contributed by atoms with E-state index in [9.17, 15) is 13.2 Å². The van der Waals surface area contributed by atoms with Crippen LogP contribution < -0.4 is 5.32 Å². The molecule has 0 bridgehead atoms. The van der Waals surface area contributed by atoms with E-state index in [0.717, 1.165) is 6.07 Å². The average molecular weight is 297 g/mol. The first-order valence-corrected chi connectivity index (χ1v) is 6.50. The van der Waals surface area contributed by atoms with Crippen molar-refractivity contribution in [1.82, 2.24) is 9.62 Å². The summed E-state index contributed by atoms with van der Waals surface area (Å²) in [7, 11) is -3.71. The summed E-state index contributed by atoms with van der Waals surface area (Å²) in [5.41, 5.74) is 0. The molecule has 1 aromatic rings. The van der Waals surface area contributed by atoms with Gasteiger partial charge in [0, 0.05) is 26.2 Å². The Kier molecular flexibility index (Phi) is 4.74. The van der Waals surface area contributed by atoms with Crippen molar-refractivity contribution < 1.29 is 22.7 Å². The number of nitrogens with one attached hydrogen (secondary N) is 1. The second-order valence-corrected chi connectivity index (χ2v) is 5.45. The second kappa shape index (κ2) is 5.70. The van der Waals surface area contributed by atoms with Crippen molar-refractivity contribution in [3.63, 3.8) is 0 Å². The van der Waals surface area contributed by atoms with Crippen molar-refractivity contribution in [3.8, 4) is 0 Å². The standard InChI is InChI=1S/C9H12N2O5S.ClH/c12-9(13)7-1-2-8(16-7)17(14,15)11-5-3-10-4-6-11;/h1-2,10H,3-6H2,(H,12,13);1H. The third kappa shape index (κ3) is 2.83. The van der Waals surface area contributed by atoms with Gasteiger partial charge in [0.2, 0.25) is 10.9 Å². The molecule has 1 fully saturated rings. The van der Waals surface area contributed by atoms with Crippen LogP contribution in [-0.2, 0) is 10.0 Å². The number of aromatic carboxylic acids is 1. The molecule has 0 amide bonds. The predicted molar refractivity (Wildman–Crippen MR) is 64.5 cm³/mol. The van der Waals surface area contributed by atoms with E-state index in [4.69, 9.17) is 9.52 Å². The Hall–Kier alpha value is -1.09. The minimum absolute atomic E-state index is 0. The Bertz CT molecular complexity index is 521. The van der Waals surface area contributed by atoms with Crippen LogP contribution in [0.3, 0.4) is 0 Å². The van der Waals surface area contributed by atoms with Crippen LogP contribution in [0.2, 0.25) is 0 Å². The number of hydrogen-bond donors (Lipinski definition) is 2. The molecular weight excluding hydrogens is 284 g/mol. The molecule has 9 heteroatoms. The molecule has 7 nitrogen and oxygen atoms in total. The molecule has 0 radical (unpaired) electrons. The van der Waals surface area contributed by atoms with Gasteiger partial charge in [-0.25, -0.2) is 13.2 Å². The average Bonchev–Trinajstić information content (AvgIpc) is 2.80. The molecule has 2 N–H and O–H groups in total. The number of carboxylic acid groups (broad SMARTS) is 1. The number of hydrogen-bond acceptors (Lipinski definition) is 5. The lowest BCUT2D eigenvalue weighted by Gasteiger charge is -2.25. The number of carbonyl (C=O) groups is 1. The van der Waals surface area contributed by atoms with Crippen molar-refractivity contribution in [2.24, 2.45) is 0 Å². The van der Waals surface area contributed by atoms with Crippen molar-refractivity contribution in [1.29, 1.82) is 0 Å². The first kappa shape index (κ1) is 15.0. The smallest absolute Gasteiger partial charge is 0.371 e. The molecule has 2 rings (SSSR count). The quantitative estimate of drug-likeness (QED) is 0.814. The van der Waals surface area contributed by atoms with Gasteiger partial charge in [-0.05, 0) is 12.1 Å². The predicted octanol–water partition coefficient (Wildman–Crippen LogP) is -0.00650. The minimum atomic E-state index is -3.71. The van der Waals surface area contributed by atoms with Gasteiger partial charge in [0.05, 0.1) is 0 Å². The van der Waals surface area contributed by atoms with E-state index in [-0.39, 0.29) is 23.3 Å². The SMILES string of the molecule is Cl.O=C(O)c1ccc(S(=O)(=O)N2CCNCC2)o1. The summed E-state index contributed by atoms with van der Waals surface area (Å²) >= 11 is 0. The number of halogens is 1. The molecule has 18 heavy (non-hydrogen) atoms. The summed E-state index contributed by atoms with van der Waals surface area (Å²) in [6.45, 7) is 1.86. The lowest BCUT2D eigenvalue weighted by Crippen LogP contribution is -2.46. The Morgan fingerprint density at radius 3 is 2.44 bits per heavy atom. The molecule has 0 saturated carbocycles. The summed E-state index contributed by atoms with van der Waals surface area (Å²) in [5.74, 6) is -1.66.